The summed E-state index contributed by atoms with van der Waals surface area (Å²) in [5, 5.41) is 1.57. The molecule has 0 aliphatic heterocycles. The van der Waals surface area contributed by atoms with Crippen molar-refractivity contribution in [3.63, 3.8) is 0 Å². The van der Waals surface area contributed by atoms with E-state index in [4.69, 9.17) is 23.2 Å². The molecule has 2 aromatic rings. The van der Waals surface area contributed by atoms with Crippen molar-refractivity contribution >= 4 is 29.5 Å². The van der Waals surface area contributed by atoms with Gasteiger partial charge in [0.1, 0.15) is 6.29 Å². The zero-order chi connectivity index (χ0) is 13.9. The Bertz CT molecular complexity index is 669. The second kappa shape index (κ2) is 4.34. The number of carbonyl (C=O) groups is 1. The fraction of sp³-hybridized carbons (Fsp3) is 0.235. The summed E-state index contributed by atoms with van der Waals surface area (Å²) in [7, 11) is 0. The van der Waals surface area contributed by atoms with Gasteiger partial charge in [-0.05, 0) is 40.8 Å². The van der Waals surface area contributed by atoms with Gasteiger partial charge in [-0.15, -0.1) is 0 Å². The van der Waals surface area contributed by atoms with Gasteiger partial charge in [-0.1, -0.05) is 47.5 Å². The average Bonchev–Trinajstić information content (AvgIpc) is 2.47. The maximum absolute atomic E-state index is 11.5. The van der Waals surface area contributed by atoms with Gasteiger partial charge in [0.05, 0.1) is 0 Å². The highest BCUT2D eigenvalue weighted by molar-refractivity contribution is 6.32. The van der Waals surface area contributed by atoms with Gasteiger partial charge in [-0.2, -0.15) is 0 Å². The van der Waals surface area contributed by atoms with Crippen molar-refractivity contribution in [2.75, 3.05) is 0 Å². The van der Waals surface area contributed by atoms with E-state index in [9.17, 15) is 4.79 Å². The molecule has 0 aromatic heterocycles. The first-order chi connectivity index (χ1) is 9.72. The van der Waals surface area contributed by atoms with Gasteiger partial charge >= 0.3 is 0 Å². The lowest BCUT2D eigenvalue weighted by Crippen LogP contribution is -2.33. The van der Waals surface area contributed by atoms with Crippen molar-refractivity contribution < 1.29 is 4.79 Å². The molecule has 2 aromatic carbocycles. The Kier molecular flexibility index (Phi) is 2.70. The molecule has 0 radical (unpaired) electrons. The average molecular weight is 303 g/mol. The van der Waals surface area contributed by atoms with Crippen molar-refractivity contribution in [2.45, 2.75) is 18.3 Å². The molecule has 5 rings (SSSR count). The Morgan fingerprint density at radius 1 is 0.950 bits per heavy atom. The summed E-state index contributed by atoms with van der Waals surface area (Å²) in [6.07, 6.45) is 1.90. The van der Waals surface area contributed by atoms with E-state index in [1.165, 1.54) is 11.1 Å². The van der Waals surface area contributed by atoms with Gasteiger partial charge in [0, 0.05) is 27.8 Å². The van der Waals surface area contributed by atoms with Crippen molar-refractivity contribution in [1.29, 1.82) is 0 Å². The third-order valence-corrected chi connectivity index (χ3v) is 5.31. The molecule has 20 heavy (non-hydrogen) atoms. The molecule has 1 unspecified atom stereocenters. The molecule has 0 spiro atoms. The molecular weight excluding hydrogens is 291 g/mol. The van der Waals surface area contributed by atoms with Crippen LogP contribution in [-0.2, 0) is 4.79 Å². The van der Waals surface area contributed by atoms with E-state index in [0.717, 1.165) is 33.9 Å². The maximum atomic E-state index is 11.5. The molecule has 0 heterocycles. The lowest BCUT2D eigenvalue weighted by atomic mass is 9.59. The van der Waals surface area contributed by atoms with E-state index in [2.05, 4.69) is 12.1 Å². The predicted molar refractivity (Wildman–Crippen MR) is 80.8 cm³/mol. The summed E-state index contributed by atoms with van der Waals surface area (Å²) in [6.45, 7) is 0. The molecule has 2 bridgehead atoms. The van der Waals surface area contributed by atoms with Crippen LogP contribution >= 0.6 is 23.2 Å². The molecule has 100 valence electrons. The molecule has 0 fully saturated rings. The normalized spacial score (nSPS) is 26.0. The Labute approximate surface area is 127 Å². The second-order valence-electron chi connectivity index (χ2n) is 5.55. The third kappa shape index (κ3) is 1.48. The molecule has 3 aliphatic carbocycles. The summed E-state index contributed by atoms with van der Waals surface area (Å²) < 4.78 is 0. The first-order valence-electron chi connectivity index (χ1n) is 6.74. The minimum atomic E-state index is 0.0249. The monoisotopic (exact) mass is 302 g/mol. The quantitative estimate of drug-likeness (QED) is 0.692. The van der Waals surface area contributed by atoms with Gasteiger partial charge in [0.2, 0.25) is 0 Å². The first kappa shape index (κ1) is 12.4. The fourth-order valence-electron chi connectivity index (χ4n) is 3.94. The van der Waals surface area contributed by atoms with Crippen molar-refractivity contribution in [1.82, 2.24) is 0 Å². The SMILES string of the molecule is O=CC1CC2c3c(Cl)cccc3C1c1cccc(Cl)c12. The van der Waals surface area contributed by atoms with Crippen LogP contribution in [0.3, 0.4) is 0 Å². The Balaban J connectivity index is 2.07. The van der Waals surface area contributed by atoms with Crippen LogP contribution in [0.2, 0.25) is 10.0 Å². The maximum Gasteiger partial charge on any atom is 0.124 e. The molecule has 0 amide bonds. The molecule has 3 aliphatic rings. The molecule has 0 saturated heterocycles. The van der Waals surface area contributed by atoms with Gasteiger partial charge in [0.25, 0.3) is 0 Å². The van der Waals surface area contributed by atoms with Gasteiger partial charge < -0.3 is 4.79 Å². The standard InChI is InChI=1S/C17H12Cl2O/c18-13-5-1-3-10-15-9(8-20)7-12(16(10)13)17-11(15)4-2-6-14(17)19/h1-6,8-9,12,15H,7H2. The smallest absolute Gasteiger partial charge is 0.124 e. The minimum absolute atomic E-state index is 0.0249. The number of rotatable bonds is 1. The van der Waals surface area contributed by atoms with Crippen molar-refractivity contribution in [2.24, 2.45) is 5.92 Å². The fourth-order valence-corrected chi connectivity index (χ4v) is 4.56. The van der Waals surface area contributed by atoms with E-state index in [-0.39, 0.29) is 17.8 Å². The van der Waals surface area contributed by atoms with Crippen LogP contribution in [0.4, 0.5) is 0 Å². The van der Waals surface area contributed by atoms with E-state index in [1.54, 1.807) is 0 Å². The zero-order valence-corrected chi connectivity index (χ0v) is 12.2. The van der Waals surface area contributed by atoms with Crippen LogP contribution in [-0.4, -0.2) is 6.29 Å². The summed E-state index contributed by atoms with van der Waals surface area (Å²) in [5.41, 5.74) is 4.72. The number of halogens is 2. The predicted octanol–water partition coefficient (Wildman–Crippen LogP) is 4.79. The largest absolute Gasteiger partial charge is 0.303 e. The van der Waals surface area contributed by atoms with Gasteiger partial charge in [0.15, 0.2) is 0 Å². The number of hydrogen-bond acceptors (Lipinski definition) is 1. The highest BCUT2D eigenvalue weighted by Crippen LogP contribution is 2.57. The van der Waals surface area contributed by atoms with Crippen LogP contribution in [0.15, 0.2) is 36.4 Å². The summed E-state index contributed by atoms with van der Waals surface area (Å²) in [5.74, 6) is 0.263. The van der Waals surface area contributed by atoms with E-state index < -0.39 is 0 Å². The molecule has 1 atom stereocenters. The summed E-state index contributed by atoms with van der Waals surface area (Å²) in [4.78, 5) is 11.5. The topological polar surface area (TPSA) is 17.1 Å². The Morgan fingerprint density at radius 2 is 1.50 bits per heavy atom. The number of carbonyl (C=O) groups excluding carboxylic acids is 1. The van der Waals surface area contributed by atoms with Crippen molar-refractivity contribution in [3.05, 3.63) is 68.7 Å². The van der Waals surface area contributed by atoms with Crippen LogP contribution < -0.4 is 0 Å². The number of hydrogen-bond donors (Lipinski definition) is 0. The highest BCUT2D eigenvalue weighted by atomic mass is 35.5. The molecule has 1 nitrogen and oxygen atoms in total. The highest BCUT2D eigenvalue weighted by Gasteiger charge is 2.44. The number of benzene rings is 2. The Hall–Kier alpha value is -1.31. The molecule has 0 saturated carbocycles. The molecule has 0 N–H and O–H groups in total. The molecular formula is C17H12Cl2O. The van der Waals surface area contributed by atoms with E-state index in [1.807, 2.05) is 24.3 Å². The van der Waals surface area contributed by atoms with Gasteiger partial charge in [-0.25, -0.2) is 0 Å². The summed E-state index contributed by atoms with van der Waals surface area (Å²) >= 11 is 12.8. The van der Waals surface area contributed by atoms with Crippen LogP contribution in [0, 0.1) is 5.92 Å². The van der Waals surface area contributed by atoms with Crippen molar-refractivity contribution in [3.8, 4) is 0 Å². The van der Waals surface area contributed by atoms with E-state index in [0.29, 0.717) is 0 Å². The van der Waals surface area contributed by atoms with Crippen LogP contribution in [0.25, 0.3) is 0 Å². The van der Waals surface area contributed by atoms with Crippen LogP contribution in [0.5, 0.6) is 0 Å². The minimum Gasteiger partial charge on any atom is -0.303 e. The van der Waals surface area contributed by atoms with Crippen LogP contribution in [0.1, 0.15) is 40.5 Å². The zero-order valence-electron chi connectivity index (χ0n) is 10.6. The number of fused-ring (bicyclic) bond motifs is 1. The lowest BCUT2D eigenvalue weighted by molar-refractivity contribution is -0.112. The third-order valence-electron chi connectivity index (χ3n) is 4.65. The molecule has 3 heteroatoms. The summed E-state index contributed by atoms with van der Waals surface area (Å²) in [6, 6.07) is 12.0. The van der Waals surface area contributed by atoms with Gasteiger partial charge in [-0.3, -0.25) is 0 Å². The first-order valence-corrected chi connectivity index (χ1v) is 7.50. The second-order valence-corrected chi connectivity index (χ2v) is 6.37. The number of aldehydes is 1. The lowest BCUT2D eigenvalue weighted by Gasteiger charge is -2.44. The van der Waals surface area contributed by atoms with E-state index >= 15 is 0 Å². The Morgan fingerprint density at radius 3 is 2.00 bits per heavy atom.